The van der Waals surface area contributed by atoms with E-state index in [2.05, 4.69) is 0 Å². The van der Waals surface area contributed by atoms with E-state index in [1.165, 1.54) is 0 Å². The zero-order valence-electron chi connectivity index (χ0n) is 20.3. The van der Waals surface area contributed by atoms with Crippen LogP contribution in [0.5, 0.6) is 17.2 Å². The third-order valence-corrected chi connectivity index (χ3v) is 6.70. The van der Waals surface area contributed by atoms with Crippen LogP contribution in [0, 0.1) is 0 Å². The zero-order valence-corrected chi connectivity index (χ0v) is 21.1. The van der Waals surface area contributed by atoms with Crippen molar-refractivity contribution in [3.05, 3.63) is 59.0 Å². The van der Waals surface area contributed by atoms with Gasteiger partial charge in [-0.25, -0.2) is 0 Å². The predicted molar refractivity (Wildman–Crippen MR) is 138 cm³/mol. The van der Waals surface area contributed by atoms with Crippen molar-refractivity contribution in [2.75, 3.05) is 39.5 Å². The largest absolute Gasteiger partial charge is 0.490 e. The Bertz CT molecular complexity index is 1110. The minimum atomic E-state index is -0.452. The van der Waals surface area contributed by atoms with Gasteiger partial charge in [-0.15, -0.1) is 0 Å². The Morgan fingerprint density at radius 2 is 1.69 bits per heavy atom. The molecule has 0 saturated carbocycles. The van der Waals surface area contributed by atoms with E-state index in [4.69, 9.17) is 14.2 Å². The van der Waals surface area contributed by atoms with Crippen LogP contribution in [-0.4, -0.2) is 66.3 Å². The first-order valence-electron chi connectivity index (χ1n) is 12.2. The first-order valence-corrected chi connectivity index (χ1v) is 13.0. The van der Waals surface area contributed by atoms with Gasteiger partial charge in [-0.1, -0.05) is 24.3 Å². The number of ether oxygens (including phenoxy) is 3. The molecule has 2 fully saturated rings. The molecular formula is C27H30N2O6S. The molecule has 0 spiro atoms. The number of hydrogen-bond donors (Lipinski definition) is 0. The number of carbonyl (C=O) groups excluding carboxylic acids is 3. The van der Waals surface area contributed by atoms with Gasteiger partial charge in [0.1, 0.15) is 25.5 Å². The molecule has 2 heterocycles. The van der Waals surface area contributed by atoms with E-state index in [0.29, 0.717) is 50.0 Å². The molecule has 2 aromatic carbocycles. The van der Waals surface area contributed by atoms with E-state index in [0.717, 1.165) is 41.7 Å². The second-order valence-corrected chi connectivity index (χ2v) is 9.35. The summed E-state index contributed by atoms with van der Waals surface area (Å²) < 4.78 is 17.2. The number of nitrogens with zero attached hydrogens (tertiary/aromatic N) is 2. The molecular weight excluding hydrogens is 480 g/mol. The lowest BCUT2D eigenvalue weighted by Gasteiger charge is -2.27. The third kappa shape index (κ3) is 6.60. The summed E-state index contributed by atoms with van der Waals surface area (Å²) in [6.07, 6.45) is 4.65. The Kier molecular flexibility index (Phi) is 8.89. The monoisotopic (exact) mass is 510 g/mol. The van der Waals surface area contributed by atoms with Crippen molar-refractivity contribution in [2.45, 2.75) is 26.2 Å². The molecule has 2 aliphatic rings. The molecule has 0 bridgehead atoms. The highest BCUT2D eigenvalue weighted by Crippen LogP contribution is 2.34. The summed E-state index contributed by atoms with van der Waals surface area (Å²) in [6.45, 7) is 4.16. The summed E-state index contributed by atoms with van der Waals surface area (Å²) in [7, 11) is 0. The maximum absolute atomic E-state index is 12.9. The predicted octanol–water partition coefficient (Wildman–Crippen LogP) is 4.59. The van der Waals surface area contributed by atoms with Crippen molar-refractivity contribution < 1.29 is 28.6 Å². The Morgan fingerprint density at radius 3 is 2.44 bits per heavy atom. The zero-order chi connectivity index (χ0) is 25.3. The number of piperidine rings is 1. The minimum Gasteiger partial charge on any atom is -0.490 e. The van der Waals surface area contributed by atoms with Gasteiger partial charge < -0.3 is 19.1 Å². The number of rotatable bonds is 10. The number of para-hydroxylation sites is 1. The fourth-order valence-corrected chi connectivity index (χ4v) is 4.83. The highest BCUT2D eigenvalue weighted by molar-refractivity contribution is 8.18. The van der Waals surface area contributed by atoms with Crippen LogP contribution >= 0.6 is 11.8 Å². The van der Waals surface area contributed by atoms with Crippen molar-refractivity contribution in [1.82, 2.24) is 9.80 Å². The lowest BCUT2D eigenvalue weighted by molar-refractivity contribution is -0.136. The Balaban J connectivity index is 1.38. The van der Waals surface area contributed by atoms with E-state index in [9.17, 15) is 14.4 Å². The highest BCUT2D eigenvalue weighted by atomic mass is 32.2. The lowest BCUT2D eigenvalue weighted by atomic mass is 10.1. The number of benzene rings is 2. The van der Waals surface area contributed by atoms with Crippen molar-refractivity contribution in [1.29, 1.82) is 0 Å². The second-order valence-electron chi connectivity index (χ2n) is 8.36. The molecule has 0 radical (unpaired) electrons. The van der Waals surface area contributed by atoms with Crippen molar-refractivity contribution in [3.8, 4) is 17.2 Å². The van der Waals surface area contributed by atoms with Crippen LogP contribution in [0.15, 0.2) is 53.4 Å². The van der Waals surface area contributed by atoms with Gasteiger partial charge in [0.15, 0.2) is 11.5 Å². The van der Waals surface area contributed by atoms with Crippen molar-refractivity contribution in [3.63, 3.8) is 0 Å². The van der Waals surface area contributed by atoms with Gasteiger partial charge in [-0.3, -0.25) is 19.3 Å². The highest BCUT2D eigenvalue weighted by Gasteiger charge is 2.37. The maximum Gasteiger partial charge on any atom is 0.294 e. The molecule has 0 aromatic heterocycles. The third-order valence-electron chi connectivity index (χ3n) is 5.79. The van der Waals surface area contributed by atoms with Crippen LogP contribution in [0.25, 0.3) is 6.08 Å². The SMILES string of the molecule is CCOc1cc(/C=C2\SC(=O)N(CC(=O)N3CCCCC3)C2=O)ccc1OCCOc1ccccc1. The normalized spacial score (nSPS) is 17.0. The molecule has 36 heavy (non-hydrogen) atoms. The van der Waals surface area contributed by atoms with E-state index in [1.807, 2.05) is 37.3 Å². The smallest absolute Gasteiger partial charge is 0.294 e. The van der Waals surface area contributed by atoms with Gasteiger partial charge in [0.25, 0.3) is 11.1 Å². The summed E-state index contributed by atoms with van der Waals surface area (Å²) >= 11 is 0.843. The molecule has 8 nitrogen and oxygen atoms in total. The molecule has 3 amide bonds. The van der Waals surface area contributed by atoms with Gasteiger partial charge in [0.2, 0.25) is 5.91 Å². The van der Waals surface area contributed by atoms with Crippen LogP contribution in [0.3, 0.4) is 0 Å². The Hall–Kier alpha value is -3.46. The number of carbonyl (C=O) groups is 3. The van der Waals surface area contributed by atoms with Crippen LogP contribution < -0.4 is 14.2 Å². The first kappa shape index (κ1) is 25.6. The van der Waals surface area contributed by atoms with E-state index < -0.39 is 11.1 Å². The molecule has 2 aliphatic heterocycles. The van der Waals surface area contributed by atoms with E-state index in [1.54, 1.807) is 29.2 Å². The molecule has 0 N–H and O–H groups in total. The van der Waals surface area contributed by atoms with Crippen LogP contribution in [0.2, 0.25) is 0 Å². The average molecular weight is 511 g/mol. The van der Waals surface area contributed by atoms with Crippen LogP contribution in [-0.2, 0) is 9.59 Å². The molecule has 2 saturated heterocycles. The topological polar surface area (TPSA) is 85.4 Å². The summed E-state index contributed by atoms with van der Waals surface area (Å²) in [6, 6.07) is 14.8. The first-order chi connectivity index (χ1) is 17.5. The average Bonchev–Trinajstić information content (AvgIpc) is 3.16. The fourth-order valence-electron chi connectivity index (χ4n) is 4.00. The molecule has 0 atom stereocenters. The second kappa shape index (κ2) is 12.5. The Morgan fingerprint density at radius 1 is 0.944 bits per heavy atom. The molecule has 2 aromatic rings. The van der Waals surface area contributed by atoms with Gasteiger partial charge in [-0.2, -0.15) is 0 Å². The van der Waals surface area contributed by atoms with Gasteiger partial charge >= 0.3 is 0 Å². The van der Waals surface area contributed by atoms with Crippen LogP contribution in [0.4, 0.5) is 4.79 Å². The number of thioether (sulfide) groups is 1. The summed E-state index contributed by atoms with van der Waals surface area (Å²) in [5, 5.41) is -0.431. The maximum atomic E-state index is 12.9. The Labute approximate surface area is 215 Å². The standard InChI is InChI=1S/C27H30N2O6S/c1-2-33-23-17-20(11-12-22(23)35-16-15-34-21-9-5-3-6-10-21)18-24-26(31)29(27(32)36-24)19-25(30)28-13-7-4-8-14-28/h3,5-6,9-12,17-18H,2,4,7-8,13-16,19H2,1H3/b24-18-. The van der Waals surface area contributed by atoms with E-state index in [-0.39, 0.29) is 17.4 Å². The van der Waals surface area contributed by atoms with Crippen molar-refractivity contribution >= 4 is 34.9 Å². The number of imide groups is 1. The summed E-state index contributed by atoms with van der Waals surface area (Å²) in [5.74, 6) is 1.23. The van der Waals surface area contributed by atoms with Gasteiger partial charge in [-0.05, 0) is 73.9 Å². The molecule has 4 rings (SSSR count). The number of hydrogen-bond acceptors (Lipinski definition) is 7. The van der Waals surface area contributed by atoms with Crippen molar-refractivity contribution in [2.24, 2.45) is 0 Å². The molecule has 9 heteroatoms. The number of likely N-dealkylation sites (tertiary alicyclic amines) is 1. The van der Waals surface area contributed by atoms with Crippen LogP contribution in [0.1, 0.15) is 31.7 Å². The molecule has 0 aliphatic carbocycles. The fraction of sp³-hybridized carbons (Fsp3) is 0.370. The summed E-state index contributed by atoms with van der Waals surface area (Å²) in [5.41, 5.74) is 0.694. The molecule has 190 valence electrons. The van der Waals surface area contributed by atoms with Gasteiger partial charge in [0.05, 0.1) is 11.5 Å². The minimum absolute atomic E-state index is 0.186. The molecule has 0 unspecified atom stereocenters. The van der Waals surface area contributed by atoms with Gasteiger partial charge in [0, 0.05) is 13.1 Å². The quantitative estimate of drug-likeness (QED) is 0.341. The number of amides is 3. The lowest BCUT2D eigenvalue weighted by Crippen LogP contribution is -2.44. The summed E-state index contributed by atoms with van der Waals surface area (Å²) in [4.78, 5) is 41.0. The van der Waals surface area contributed by atoms with E-state index >= 15 is 0 Å².